The molecule has 1 aromatic heterocycles. The average molecular weight is 322 g/mol. The molecular weight excluding hydrogens is 296 g/mol. The van der Waals surface area contributed by atoms with Gasteiger partial charge in [0.05, 0.1) is 13.0 Å². The van der Waals surface area contributed by atoms with E-state index in [-0.39, 0.29) is 30.1 Å². The van der Waals surface area contributed by atoms with Crippen LogP contribution in [0, 0.1) is 13.8 Å². The largest absolute Gasteiger partial charge is 0.466 e. The fourth-order valence-corrected chi connectivity index (χ4v) is 2.25. The molecule has 128 valence electrons. The second-order valence-corrected chi connectivity index (χ2v) is 5.45. The first-order valence-electron chi connectivity index (χ1n) is 8.07. The van der Waals surface area contributed by atoms with Gasteiger partial charge in [0.2, 0.25) is 0 Å². The van der Waals surface area contributed by atoms with Crippen LogP contribution in [-0.2, 0) is 16.1 Å². The Hall–Kier alpha value is -2.11. The van der Waals surface area contributed by atoms with E-state index in [1.54, 1.807) is 17.6 Å². The smallest absolute Gasteiger partial charge is 0.307 e. The molecule has 1 N–H and O–H groups in total. The van der Waals surface area contributed by atoms with Crippen LogP contribution in [0.2, 0.25) is 0 Å². The van der Waals surface area contributed by atoms with Crippen molar-refractivity contribution in [2.75, 3.05) is 13.2 Å². The van der Waals surface area contributed by atoms with Crippen molar-refractivity contribution in [1.29, 1.82) is 0 Å². The Bertz CT molecular complexity index is 620. The summed E-state index contributed by atoms with van der Waals surface area (Å²) in [6.45, 7) is 8.61. The number of amides is 1. The van der Waals surface area contributed by atoms with E-state index in [4.69, 9.17) is 4.74 Å². The fourth-order valence-electron chi connectivity index (χ4n) is 2.25. The van der Waals surface area contributed by atoms with Gasteiger partial charge in [-0.15, -0.1) is 0 Å². The zero-order valence-electron chi connectivity index (χ0n) is 14.4. The van der Waals surface area contributed by atoms with E-state index < -0.39 is 5.91 Å². The van der Waals surface area contributed by atoms with Crippen molar-refractivity contribution in [2.45, 2.75) is 53.5 Å². The van der Waals surface area contributed by atoms with Crippen molar-refractivity contribution < 1.29 is 14.3 Å². The first-order chi connectivity index (χ1) is 10.9. The third-order valence-corrected chi connectivity index (χ3v) is 3.71. The molecule has 1 aromatic rings. The predicted molar refractivity (Wildman–Crippen MR) is 88.7 cm³/mol. The maximum atomic E-state index is 12.5. The van der Waals surface area contributed by atoms with Crippen molar-refractivity contribution in [3.8, 4) is 0 Å². The van der Waals surface area contributed by atoms with Crippen LogP contribution in [0.25, 0.3) is 0 Å². The van der Waals surface area contributed by atoms with Gasteiger partial charge in [-0.3, -0.25) is 14.4 Å². The van der Waals surface area contributed by atoms with E-state index in [1.807, 2.05) is 13.8 Å². The third-order valence-electron chi connectivity index (χ3n) is 3.71. The lowest BCUT2D eigenvalue weighted by atomic mass is 10.1. The van der Waals surface area contributed by atoms with E-state index in [1.165, 1.54) is 0 Å². The molecule has 1 amide bonds. The summed E-state index contributed by atoms with van der Waals surface area (Å²) in [5.41, 5.74) is 1.62. The van der Waals surface area contributed by atoms with Crippen LogP contribution in [0.3, 0.4) is 0 Å². The van der Waals surface area contributed by atoms with E-state index in [0.29, 0.717) is 13.2 Å². The van der Waals surface area contributed by atoms with E-state index >= 15 is 0 Å². The standard InChI is InChI=1S/C17H26N2O4/c1-5-7-10-19-13(4)12(3)11-14(17(19)22)16(21)18-9-8-15(20)23-6-2/h11H,5-10H2,1-4H3,(H,18,21). The highest BCUT2D eigenvalue weighted by Gasteiger charge is 2.16. The fraction of sp³-hybridized carbons (Fsp3) is 0.588. The van der Waals surface area contributed by atoms with E-state index in [9.17, 15) is 14.4 Å². The molecule has 0 saturated carbocycles. The number of carbonyl (C=O) groups excluding carboxylic acids is 2. The minimum absolute atomic E-state index is 0.0917. The molecule has 0 aliphatic heterocycles. The van der Waals surface area contributed by atoms with Crippen LogP contribution < -0.4 is 10.9 Å². The van der Waals surface area contributed by atoms with Gasteiger partial charge in [0.15, 0.2) is 0 Å². The average Bonchev–Trinajstić information content (AvgIpc) is 2.51. The molecule has 1 heterocycles. The Labute approximate surface area is 136 Å². The van der Waals surface area contributed by atoms with Gasteiger partial charge in [0.25, 0.3) is 11.5 Å². The monoisotopic (exact) mass is 322 g/mol. The first kappa shape index (κ1) is 18.9. The summed E-state index contributed by atoms with van der Waals surface area (Å²) in [6.07, 6.45) is 1.95. The topological polar surface area (TPSA) is 77.4 Å². The van der Waals surface area contributed by atoms with Crippen LogP contribution in [0.5, 0.6) is 0 Å². The molecule has 23 heavy (non-hydrogen) atoms. The van der Waals surface area contributed by atoms with Gasteiger partial charge in [-0.1, -0.05) is 13.3 Å². The van der Waals surface area contributed by atoms with Gasteiger partial charge < -0.3 is 14.6 Å². The molecule has 0 aromatic carbocycles. The SMILES string of the molecule is CCCCn1c(C)c(C)cc(C(=O)NCCC(=O)OCC)c1=O. The van der Waals surface area contributed by atoms with Gasteiger partial charge in [-0.05, 0) is 38.8 Å². The molecule has 0 fully saturated rings. The Kier molecular flexibility index (Phi) is 7.51. The molecule has 0 unspecified atom stereocenters. The first-order valence-corrected chi connectivity index (χ1v) is 8.07. The van der Waals surface area contributed by atoms with Gasteiger partial charge >= 0.3 is 5.97 Å². The van der Waals surface area contributed by atoms with E-state index in [2.05, 4.69) is 12.2 Å². The zero-order chi connectivity index (χ0) is 17.4. The molecule has 1 rings (SSSR count). The van der Waals surface area contributed by atoms with E-state index in [0.717, 1.165) is 24.1 Å². The van der Waals surface area contributed by atoms with Gasteiger partial charge in [-0.25, -0.2) is 0 Å². The van der Waals surface area contributed by atoms with Crippen LogP contribution in [0.1, 0.15) is 54.7 Å². The second kappa shape index (κ2) is 9.12. The highest BCUT2D eigenvalue weighted by atomic mass is 16.5. The Balaban J connectivity index is 2.86. The summed E-state index contributed by atoms with van der Waals surface area (Å²) in [4.78, 5) is 36.0. The molecule has 6 heteroatoms. The number of hydrogen-bond acceptors (Lipinski definition) is 4. The summed E-state index contributed by atoms with van der Waals surface area (Å²) in [7, 11) is 0. The number of aromatic nitrogens is 1. The van der Waals surface area contributed by atoms with Crippen molar-refractivity contribution in [2.24, 2.45) is 0 Å². The van der Waals surface area contributed by atoms with Crippen LogP contribution in [-0.4, -0.2) is 29.6 Å². The predicted octanol–water partition coefficient (Wildman–Crippen LogP) is 1.95. The summed E-state index contributed by atoms with van der Waals surface area (Å²) >= 11 is 0. The van der Waals surface area contributed by atoms with Crippen molar-refractivity contribution in [3.05, 3.63) is 33.2 Å². The van der Waals surface area contributed by atoms with Gasteiger partial charge in [-0.2, -0.15) is 0 Å². The number of ether oxygens (including phenoxy) is 1. The lowest BCUT2D eigenvalue weighted by Gasteiger charge is -2.14. The molecule has 0 aliphatic rings. The molecule has 0 atom stereocenters. The Morgan fingerprint density at radius 3 is 2.57 bits per heavy atom. The molecule has 0 aliphatic carbocycles. The van der Waals surface area contributed by atoms with Crippen LogP contribution in [0.15, 0.2) is 10.9 Å². The number of esters is 1. The summed E-state index contributed by atoms with van der Waals surface area (Å²) in [5, 5.41) is 2.61. The number of nitrogens with one attached hydrogen (secondary N) is 1. The quantitative estimate of drug-likeness (QED) is 0.742. The number of nitrogens with zero attached hydrogens (tertiary/aromatic N) is 1. The molecule has 0 bridgehead atoms. The lowest BCUT2D eigenvalue weighted by molar-refractivity contribution is -0.142. The van der Waals surface area contributed by atoms with Crippen molar-refractivity contribution in [1.82, 2.24) is 9.88 Å². The maximum absolute atomic E-state index is 12.5. The summed E-state index contributed by atoms with van der Waals surface area (Å²) in [5.74, 6) is -0.819. The number of pyridine rings is 1. The van der Waals surface area contributed by atoms with Crippen molar-refractivity contribution >= 4 is 11.9 Å². The normalized spacial score (nSPS) is 10.4. The second-order valence-electron chi connectivity index (χ2n) is 5.45. The number of rotatable bonds is 8. The minimum Gasteiger partial charge on any atom is -0.466 e. The minimum atomic E-state index is -0.451. The molecule has 0 saturated heterocycles. The molecule has 6 nitrogen and oxygen atoms in total. The lowest BCUT2D eigenvalue weighted by Crippen LogP contribution is -2.35. The molecule has 0 spiro atoms. The van der Waals surface area contributed by atoms with Gasteiger partial charge in [0.1, 0.15) is 5.56 Å². The Morgan fingerprint density at radius 2 is 1.96 bits per heavy atom. The third kappa shape index (κ3) is 5.23. The molecular formula is C17H26N2O4. The zero-order valence-corrected chi connectivity index (χ0v) is 14.4. The highest BCUT2D eigenvalue weighted by Crippen LogP contribution is 2.08. The maximum Gasteiger partial charge on any atom is 0.307 e. The molecule has 0 radical (unpaired) electrons. The van der Waals surface area contributed by atoms with Crippen LogP contribution >= 0.6 is 0 Å². The summed E-state index contributed by atoms with van der Waals surface area (Å²) in [6, 6.07) is 1.61. The Morgan fingerprint density at radius 1 is 1.26 bits per heavy atom. The van der Waals surface area contributed by atoms with Crippen LogP contribution in [0.4, 0.5) is 0 Å². The van der Waals surface area contributed by atoms with Gasteiger partial charge in [0, 0.05) is 18.8 Å². The number of unbranched alkanes of at least 4 members (excludes halogenated alkanes) is 1. The number of carbonyl (C=O) groups is 2. The number of aryl methyl sites for hydroxylation is 1. The number of hydrogen-bond donors (Lipinski definition) is 1. The van der Waals surface area contributed by atoms with Crippen molar-refractivity contribution in [3.63, 3.8) is 0 Å². The highest BCUT2D eigenvalue weighted by molar-refractivity contribution is 5.94. The summed E-state index contributed by atoms with van der Waals surface area (Å²) < 4.78 is 6.45.